The summed E-state index contributed by atoms with van der Waals surface area (Å²) in [6.45, 7) is 0. The molecule has 0 aliphatic heterocycles. The van der Waals surface area contributed by atoms with Gasteiger partial charge in [0.2, 0.25) is 5.91 Å². The van der Waals surface area contributed by atoms with Crippen molar-refractivity contribution in [2.45, 2.75) is 12.5 Å². The van der Waals surface area contributed by atoms with Crippen LogP contribution >= 0.6 is 11.6 Å². The van der Waals surface area contributed by atoms with E-state index in [-0.39, 0.29) is 24.1 Å². The van der Waals surface area contributed by atoms with Crippen molar-refractivity contribution in [2.24, 2.45) is 0 Å². The lowest BCUT2D eigenvalue weighted by molar-refractivity contribution is -0.116. The van der Waals surface area contributed by atoms with Gasteiger partial charge < -0.3 is 15.0 Å². The number of phenols is 1. The molecule has 24 heavy (non-hydrogen) atoms. The lowest BCUT2D eigenvalue weighted by atomic mass is 10.0. The zero-order valence-corrected chi connectivity index (χ0v) is 13.6. The fourth-order valence-electron chi connectivity index (χ4n) is 2.57. The van der Waals surface area contributed by atoms with Crippen LogP contribution in [-0.2, 0) is 4.79 Å². The lowest BCUT2D eigenvalue weighted by Crippen LogP contribution is -2.19. The third-order valence-corrected chi connectivity index (χ3v) is 4.02. The molecule has 0 spiro atoms. The van der Waals surface area contributed by atoms with Gasteiger partial charge in [0, 0.05) is 23.1 Å². The van der Waals surface area contributed by atoms with Gasteiger partial charge >= 0.3 is 0 Å². The highest BCUT2D eigenvalue weighted by atomic mass is 35.5. The quantitative estimate of drug-likeness (QED) is 0.673. The van der Waals surface area contributed by atoms with Crippen LogP contribution in [0, 0.1) is 0 Å². The molecule has 1 atom stereocenters. The Morgan fingerprint density at radius 3 is 2.29 bits per heavy atom. The second-order valence-electron chi connectivity index (χ2n) is 5.50. The largest absolute Gasteiger partial charge is 0.508 e. The minimum absolute atomic E-state index is 0.102. The van der Waals surface area contributed by atoms with Crippen molar-refractivity contribution in [1.29, 1.82) is 0 Å². The Balaban J connectivity index is 1.77. The number of phenolic OH excluding ortho intramolecular Hbond substituents is 1. The van der Waals surface area contributed by atoms with Gasteiger partial charge in [-0.2, -0.15) is 0 Å². The number of aromatic nitrogens is 1. The third-order valence-electron chi connectivity index (χ3n) is 3.77. The lowest BCUT2D eigenvalue weighted by Gasteiger charge is -2.19. The van der Waals surface area contributed by atoms with Gasteiger partial charge in [-0.3, -0.25) is 4.79 Å². The first-order valence-electron chi connectivity index (χ1n) is 7.58. The summed E-state index contributed by atoms with van der Waals surface area (Å²) in [5, 5.41) is 12.8. The summed E-state index contributed by atoms with van der Waals surface area (Å²) < 4.78 is 2.00. The number of carbonyl (C=O) groups excluding carboxylic acids is 1. The van der Waals surface area contributed by atoms with Gasteiger partial charge in [-0.1, -0.05) is 23.7 Å². The molecule has 3 aromatic rings. The zero-order valence-electron chi connectivity index (χ0n) is 12.9. The molecule has 0 bridgehead atoms. The van der Waals surface area contributed by atoms with Crippen LogP contribution in [0.25, 0.3) is 0 Å². The molecule has 1 amide bonds. The van der Waals surface area contributed by atoms with Crippen molar-refractivity contribution in [3.05, 3.63) is 83.6 Å². The average molecular weight is 341 g/mol. The number of hydrogen-bond acceptors (Lipinski definition) is 2. The summed E-state index contributed by atoms with van der Waals surface area (Å²) in [5.41, 5.74) is 1.66. The number of nitrogens with one attached hydrogen (secondary N) is 1. The molecule has 0 aliphatic rings. The maximum absolute atomic E-state index is 12.4. The molecule has 5 heteroatoms. The number of benzene rings is 2. The Labute approximate surface area is 145 Å². The Kier molecular flexibility index (Phi) is 4.87. The minimum Gasteiger partial charge on any atom is -0.508 e. The molecule has 1 aromatic heterocycles. The van der Waals surface area contributed by atoms with Crippen molar-refractivity contribution >= 4 is 23.2 Å². The summed E-state index contributed by atoms with van der Waals surface area (Å²) in [6.07, 6.45) is 4.16. The minimum atomic E-state index is -0.116. The number of aromatic hydroxyl groups is 1. The normalized spacial score (nSPS) is 11.9. The van der Waals surface area contributed by atoms with E-state index in [2.05, 4.69) is 5.32 Å². The summed E-state index contributed by atoms with van der Waals surface area (Å²) >= 11 is 5.96. The second-order valence-corrected chi connectivity index (χ2v) is 5.93. The Morgan fingerprint density at radius 1 is 1.04 bits per heavy atom. The van der Waals surface area contributed by atoms with E-state index in [0.29, 0.717) is 10.7 Å². The molecule has 1 heterocycles. The van der Waals surface area contributed by atoms with E-state index in [1.54, 1.807) is 12.1 Å². The SMILES string of the molecule is O=C(C[C@@H](c1ccc(Cl)cc1)n1cccc1)Nc1ccc(O)cc1. The van der Waals surface area contributed by atoms with Gasteiger partial charge in [-0.25, -0.2) is 0 Å². The number of nitrogens with zero attached hydrogens (tertiary/aromatic N) is 1. The maximum atomic E-state index is 12.4. The molecule has 2 aromatic carbocycles. The third kappa shape index (κ3) is 3.97. The smallest absolute Gasteiger partial charge is 0.226 e. The van der Waals surface area contributed by atoms with Crippen molar-refractivity contribution in [2.75, 3.05) is 5.32 Å². The van der Waals surface area contributed by atoms with Gasteiger partial charge in [0.25, 0.3) is 0 Å². The number of hydrogen-bond donors (Lipinski definition) is 2. The van der Waals surface area contributed by atoms with Crippen molar-refractivity contribution < 1.29 is 9.90 Å². The van der Waals surface area contributed by atoms with Gasteiger partial charge in [0.15, 0.2) is 0 Å². The predicted octanol–water partition coefficient (Wildman–Crippen LogP) is 4.47. The van der Waals surface area contributed by atoms with E-state index >= 15 is 0 Å². The Bertz CT molecular complexity index is 796. The average Bonchev–Trinajstić information content (AvgIpc) is 3.10. The van der Waals surface area contributed by atoms with Gasteiger partial charge in [0.1, 0.15) is 5.75 Å². The highest BCUT2D eigenvalue weighted by Crippen LogP contribution is 2.25. The molecular weight excluding hydrogens is 324 g/mol. The van der Waals surface area contributed by atoms with E-state index in [1.807, 2.05) is 53.4 Å². The van der Waals surface area contributed by atoms with E-state index in [9.17, 15) is 9.90 Å². The fraction of sp³-hybridized carbons (Fsp3) is 0.105. The molecule has 2 N–H and O–H groups in total. The molecular formula is C19H17ClN2O2. The first-order valence-corrected chi connectivity index (χ1v) is 7.96. The zero-order chi connectivity index (χ0) is 16.9. The van der Waals surface area contributed by atoms with Crippen LogP contribution in [0.3, 0.4) is 0 Å². The standard InChI is InChI=1S/C19H17ClN2O2/c20-15-5-3-14(4-6-15)18(22-11-1-2-12-22)13-19(24)21-16-7-9-17(23)10-8-16/h1-12,18,23H,13H2,(H,21,24)/t18-/m0/s1. The van der Waals surface area contributed by atoms with Crippen LogP contribution in [0.5, 0.6) is 5.75 Å². The number of halogens is 1. The van der Waals surface area contributed by atoms with Gasteiger partial charge in [0.05, 0.1) is 12.5 Å². The predicted molar refractivity (Wildman–Crippen MR) is 95.4 cm³/mol. The Morgan fingerprint density at radius 2 is 1.67 bits per heavy atom. The van der Waals surface area contributed by atoms with E-state index in [4.69, 9.17) is 11.6 Å². The highest BCUT2D eigenvalue weighted by Gasteiger charge is 2.17. The molecule has 3 rings (SSSR count). The molecule has 0 unspecified atom stereocenters. The Hall–Kier alpha value is -2.72. The van der Waals surface area contributed by atoms with E-state index in [1.165, 1.54) is 12.1 Å². The van der Waals surface area contributed by atoms with Crippen LogP contribution in [0.2, 0.25) is 5.02 Å². The molecule has 0 saturated carbocycles. The monoisotopic (exact) mass is 340 g/mol. The molecule has 0 fully saturated rings. The summed E-state index contributed by atoms with van der Waals surface area (Å²) in [7, 11) is 0. The molecule has 4 nitrogen and oxygen atoms in total. The fourth-order valence-corrected chi connectivity index (χ4v) is 2.69. The van der Waals surface area contributed by atoms with Gasteiger partial charge in [-0.15, -0.1) is 0 Å². The molecule has 0 aliphatic carbocycles. The first kappa shape index (κ1) is 16.1. The van der Waals surface area contributed by atoms with Crippen LogP contribution in [0.1, 0.15) is 18.0 Å². The molecule has 0 saturated heterocycles. The number of carbonyl (C=O) groups is 1. The number of rotatable bonds is 5. The van der Waals surface area contributed by atoms with Crippen LogP contribution in [0.4, 0.5) is 5.69 Å². The van der Waals surface area contributed by atoms with Crippen LogP contribution in [0.15, 0.2) is 73.1 Å². The first-order chi connectivity index (χ1) is 11.6. The van der Waals surface area contributed by atoms with E-state index in [0.717, 1.165) is 5.56 Å². The molecule has 0 radical (unpaired) electrons. The highest BCUT2D eigenvalue weighted by molar-refractivity contribution is 6.30. The maximum Gasteiger partial charge on any atom is 0.226 e. The van der Waals surface area contributed by atoms with E-state index < -0.39 is 0 Å². The summed E-state index contributed by atoms with van der Waals surface area (Å²) in [6, 6.07) is 17.7. The number of amides is 1. The molecule has 122 valence electrons. The number of anilines is 1. The summed E-state index contributed by atoms with van der Waals surface area (Å²) in [5.74, 6) is 0.0636. The topological polar surface area (TPSA) is 54.3 Å². The van der Waals surface area contributed by atoms with Crippen molar-refractivity contribution in [3.63, 3.8) is 0 Å². The van der Waals surface area contributed by atoms with Gasteiger partial charge in [-0.05, 0) is 54.1 Å². The van der Waals surface area contributed by atoms with Crippen molar-refractivity contribution in [3.8, 4) is 5.75 Å². The van der Waals surface area contributed by atoms with Crippen LogP contribution in [-0.4, -0.2) is 15.6 Å². The van der Waals surface area contributed by atoms with Crippen molar-refractivity contribution in [1.82, 2.24) is 4.57 Å². The second kappa shape index (κ2) is 7.23. The summed E-state index contributed by atoms with van der Waals surface area (Å²) in [4.78, 5) is 12.4. The van der Waals surface area contributed by atoms with Crippen LogP contribution < -0.4 is 5.32 Å².